The van der Waals surface area contributed by atoms with Crippen molar-refractivity contribution in [1.82, 2.24) is 5.32 Å². The van der Waals surface area contributed by atoms with E-state index in [1.165, 1.54) is 0 Å². The van der Waals surface area contributed by atoms with Crippen LogP contribution in [0.2, 0.25) is 0 Å². The Morgan fingerprint density at radius 2 is 1.85 bits per heavy atom. The van der Waals surface area contributed by atoms with Crippen LogP contribution in [0, 0.1) is 24.2 Å². The average molecular weight is 443 g/mol. The highest BCUT2D eigenvalue weighted by Crippen LogP contribution is 2.52. The van der Waals surface area contributed by atoms with E-state index in [4.69, 9.17) is 0 Å². The van der Waals surface area contributed by atoms with Crippen molar-refractivity contribution in [1.29, 1.82) is 5.26 Å². The Morgan fingerprint density at radius 3 is 2.41 bits per heavy atom. The van der Waals surface area contributed by atoms with Crippen molar-refractivity contribution < 1.29 is 9.67 Å². The van der Waals surface area contributed by atoms with Crippen LogP contribution in [0.1, 0.15) is 35.9 Å². The van der Waals surface area contributed by atoms with Gasteiger partial charge in [0.15, 0.2) is 12.4 Å². The Balaban J connectivity index is 1.93. The van der Waals surface area contributed by atoms with Crippen LogP contribution in [0.3, 0.4) is 0 Å². The van der Waals surface area contributed by atoms with E-state index in [1.807, 2.05) is 60.3 Å². The molecule has 4 rings (SSSR count). The van der Waals surface area contributed by atoms with Gasteiger partial charge in [0.25, 0.3) is 0 Å². The van der Waals surface area contributed by atoms with Crippen molar-refractivity contribution in [3.63, 3.8) is 0 Å². The molecule has 27 heavy (non-hydrogen) atoms. The fourth-order valence-electron chi connectivity index (χ4n) is 4.00. The number of nitrogens with zero attached hydrogens (tertiary/aromatic N) is 2. The van der Waals surface area contributed by atoms with E-state index in [-0.39, 0.29) is 17.9 Å². The number of nitriles is 1. The molecule has 3 atom stereocenters. The van der Waals surface area contributed by atoms with Crippen LogP contribution in [0.15, 0.2) is 63.9 Å². The number of allylic oxidation sites excluding steroid dienone is 1. The van der Waals surface area contributed by atoms with Gasteiger partial charge >= 0.3 is 0 Å². The van der Waals surface area contributed by atoms with Gasteiger partial charge in [-0.1, -0.05) is 28.1 Å². The maximum atomic E-state index is 11.7. The van der Waals surface area contributed by atoms with Gasteiger partial charge in [-0.15, -0.1) is 12.6 Å². The summed E-state index contributed by atoms with van der Waals surface area (Å²) in [5.74, 6) is -0.160. The van der Waals surface area contributed by atoms with E-state index >= 15 is 0 Å². The van der Waals surface area contributed by atoms with Gasteiger partial charge in [0.2, 0.25) is 11.8 Å². The molecule has 2 heterocycles. The molecule has 1 fully saturated rings. The summed E-state index contributed by atoms with van der Waals surface area (Å²) in [6.45, 7) is 2.04. The number of hydrogen-bond donors (Lipinski definition) is 3. The molecule has 2 aromatic rings. The minimum absolute atomic E-state index is 0.136. The van der Waals surface area contributed by atoms with Crippen molar-refractivity contribution in [2.45, 2.75) is 37.5 Å². The van der Waals surface area contributed by atoms with E-state index in [2.05, 4.69) is 39.9 Å². The normalized spacial score (nSPS) is 27.8. The molecule has 0 unspecified atom stereocenters. The summed E-state index contributed by atoms with van der Waals surface area (Å²) >= 11 is 8.02. The van der Waals surface area contributed by atoms with Crippen molar-refractivity contribution in [2.24, 2.45) is 5.92 Å². The molecule has 0 spiro atoms. The monoisotopic (exact) mass is 442 g/mol. The first-order valence-corrected chi connectivity index (χ1v) is 10.2. The molecule has 0 saturated heterocycles. The first-order valence-electron chi connectivity index (χ1n) is 9.00. The minimum Gasteiger partial charge on any atom is -0.365 e. The van der Waals surface area contributed by atoms with Crippen LogP contribution < -0.4 is 9.88 Å². The number of rotatable bonds is 3. The second-order valence-corrected chi connectivity index (χ2v) is 8.76. The number of aliphatic hydroxyl groups is 1. The van der Waals surface area contributed by atoms with Crippen molar-refractivity contribution >= 4 is 28.6 Å². The van der Waals surface area contributed by atoms with Gasteiger partial charge in [-0.2, -0.15) is 9.83 Å². The van der Waals surface area contributed by atoms with Crippen LogP contribution in [0.25, 0.3) is 0 Å². The largest absolute Gasteiger partial charge is 0.365 e. The number of nitrogens with one attached hydrogen (secondary N) is 1. The highest BCUT2D eigenvalue weighted by atomic mass is 79.9. The Labute approximate surface area is 173 Å². The molecule has 0 radical (unpaired) electrons. The second-order valence-electron chi connectivity index (χ2n) is 7.40. The summed E-state index contributed by atoms with van der Waals surface area (Å²) in [4.78, 5) is 0. The summed E-state index contributed by atoms with van der Waals surface area (Å²) in [7, 11) is 0. The third-order valence-corrected chi connectivity index (χ3v) is 6.42. The fourth-order valence-corrected chi connectivity index (χ4v) is 4.63. The lowest BCUT2D eigenvalue weighted by atomic mass is 9.76. The van der Waals surface area contributed by atoms with Gasteiger partial charge in [0.1, 0.15) is 0 Å². The molecule has 1 aromatic heterocycles. The SMILES string of the molecule is Cc1cc[n+]([C@H]2[C@@H](c3ccc(Br)cc3)C(C#N)=C(S)N[C@]2(O)C2CC2)cc1. The maximum absolute atomic E-state index is 11.7. The van der Waals surface area contributed by atoms with Gasteiger partial charge < -0.3 is 10.4 Å². The van der Waals surface area contributed by atoms with E-state index in [9.17, 15) is 10.4 Å². The predicted molar refractivity (Wildman–Crippen MR) is 110 cm³/mol. The van der Waals surface area contributed by atoms with Gasteiger partial charge in [-0.25, -0.2) is 0 Å². The molecule has 6 heteroatoms. The molecule has 0 bridgehead atoms. The van der Waals surface area contributed by atoms with E-state index < -0.39 is 5.72 Å². The lowest BCUT2D eigenvalue weighted by molar-refractivity contribution is -0.742. The van der Waals surface area contributed by atoms with Gasteiger partial charge in [0, 0.05) is 22.5 Å². The highest BCUT2D eigenvalue weighted by Gasteiger charge is 2.60. The number of aryl methyl sites for hydroxylation is 1. The zero-order valence-corrected chi connectivity index (χ0v) is 17.4. The van der Waals surface area contributed by atoms with Gasteiger partial charge in [-0.3, -0.25) is 0 Å². The van der Waals surface area contributed by atoms with Crippen LogP contribution in [-0.4, -0.2) is 10.8 Å². The molecule has 1 aliphatic heterocycles. The topological polar surface area (TPSA) is 59.9 Å². The van der Waals surface area contributed by atoms with Crippen LogP contribution in [-0.2, 0) is 0 Å². The Bertz CT molecular complexity index is 931. The molecular weight excluding hydrogens is 422 g/mol. The Kier molecular flexibility index (Phi) is 4.79. The number of aromatic nitrogens is 1. The van der Waals surface area contributed by atoms with Crippen LogP contribution in [0.4, 0.5) is 0 Å². The number of halogens is 1. The lowest BCUT2D eigenvalue weighted by Gasteiger charge is -2.42. The van der Waals surface area contributed by atoms with Crippen molar-refractivity contribution in [3.05, 3.63) is 75.0 Å². The molecule has 0 amide bonds. The highest BCUT2D eigenvalue weighted by molar-refractivity contribution is 9.10. The van der Waals surface area contributed by atoms with E-state index in [0.29, 0.717) is 10.6 Å². The standard InChI is InChI=1S/C21H20BrN3OS/c1-13-8-10-25(11-9-13)19-18(14-2-6-16(22)7-3-14)17(12-23)20(27)24-21(19,26)15-4-5-15/h2-3,6-11,15,18-19,24,26H,4-5H2,1H3/p+1/t18-,19-,21-/m0/s1. The number of thiol groups is 1. The summed E-state index contributed by atoms with van der Waals surface area (Å²) in [6.07, 6.45) is 5.89. The molecule has 1 aromatic carbocycles. The van der Waals surface area contributed by atoms with Gasteiger partial charge in [-0.05, 0) is 43.0 Å². The third-order valence-electron chi connectivity index (χ3n) is 5.54. The first-order chi connectivity index (χ1) is 12.9. The van der Waals surface area contributed by atoms with E-state index in [1.54, 1.807) is 0 Å². The van der Waals surface area contributed by atoms with Crippen molar-refractivity contribution in [2.75, 3.05) is 0 Å². The Hall–Kier alpha value is -1.81. The fraction of sp³-hybridized carbons (Fsp3) is 0.333. The third kappa shape index (κ3) is 3.29. The number of pyridine rings is 1. The first kappa shape index (κ1) is 18.5. The maximum Gasteiger partial charge on any atom is 0.217 e. The summed E-state index contributed by atoms with van der Waals surface area (Å²) in [5, 5.41) is 25.3. The molecule has 4 nitrogen and oxygen atoms in total. The average Bonchev–Trinajstić information content (AvgIpc) is 3.49. The zero-order valence-electron chi connectivity index (χ0n) is 14.9. The molecule has 1 aliphatic carbocycles. The summed E-state index contributed by atoms with van der Waals surface area (Å²) in [5.41, 5.74) is 1.52. The summed E-state index contributed by atoms with van der Waals surface area (Å²) in [6, 6.07) is 14.0. The molecular formula is C21H21BrN3OS+. The smallest absolute Gasteiger partial charge is 0.217 e. The molecule has 2 N–H and O–H groups in total. The number of benzene rings is 1. The predicted octanol–water partition coefficient (Wildman–Crippen LogP) is 3.74. The molecule has 2 aliphatic rings. The zero-order chi connectivity index (χ0) is 19.2. The number of hydrogen-bond acceptors (Lipinski definition) is 4. The van der Waals surface area contributed by atoms with Gasteiger partial charge in [0.05, 0.1) is 22.6 Å². The minimum atomic E-state index is -1.16. The molecule has 1 saturated carbocycles. The second kappa shape index (κ2) is 6.97. The van der Waals surface area contributed by atoms with Crippen LogP contribution >= 0.6 is 28.6 Å². The Morgan fingerprint density at radius 1 is 1.22 bits per heavy atom. The van der Waals surface area contributed by atoms with E-state index in [0.717, 1.165) is 28.4 Å². The lowest BCUT2D eigenvalue weighted by Crippen LogP contribution is -2.65. The van der Waals surface area contributed by atoms with Crippen molar-refractivity contribution in [3.8, 4) is 6.07 Å². The summed E-state index contributed by atoms with van der Waals surface area (Å²) < 4.78 is 3.01. The quantitative estimate of drug-likeness (QED) is 0.501. The van der Waals surface area contributed by atoms with Crippen LogP contribution in [0.5, 0.6) is 0 Å². The molecule has 138 valence electrons.